The van der Waals surface area contributed by atoms with Crippen molar-refractivity contribution >= 4 is 15.4 Å². The lowest BCUT2D eigenvalue weighted by Gasteiger charge is -2.12. The van der Waals surface area contributed by atoms with Gasteiger partial charge < -0.3 is 9.84 Å². The van der Waals surface area contributed by atoms with Crippen molar-refractivity contribution in [2.75, 3.05) is 7.05 Å². The zero-order valence-electron chi connectivity index (χ0n) is 14.5. The molecular weight excluding hydrogens is 305 g/mol. The van der Waals surface area contributed by atoms with Gasteiger partial charge in [-0.05, 0) is 26.0 Å². The van der Waals surface area contributed by atoms with E-state index in [4.69, 9.17) is 0 Å². The highest BCUT2D eigenvalue weighted by atomic mass is 31.0. The van der Waals surface area contributed by atoms with Gasteiger partial charge >= 0.3 is 5.97 Å². The minimum Gasteiger partial charge on any atom is -0.450 e. The van der Waals surface area contributed by atoms with Crippen LogP contribution in [-0.4, -0.2) is 19.1 Å². The molecule has 0 spiro atoms. The molecule has 2 atom stereocenters. The maximum Gasteiger partial charge on any atom is 0.325 e. The Labute approximate surface area is 142 Å². The minimum atomic E-state index is -0.282. The number of nitrogens with one attached hydrogen (secondary N) is 1. The van der Waals surface area contributed by atoms with Crippen molar-refractivity contribution in [3.63, 3.8) is 0 Å². The summed E-state index contributed by atoms with van der Waals surface area (Å²) < 4.78 is 4.59. The maximum atomic E-state index is 11.2. The summed E-state index contributed by atoms with van der Waals surface area (Å²) in [5, 5.41) is 2.91. The summed E-state index contributed by atoms with van der Waals surface area (Å²) in [6, 6.07) is 19.8. The van der Waals surface area contributed by atoms with Gasteiger partial charge in [0.05, 0.1) is 9.47 Å². The molecule has 126 valence electrons. The van der Waals surface area contributed by atoms with Crippen LogP contribution in [0.15, 0.2) is 60.7 Å². The maximum absolute atomic E-state index is 11.2. The average Bonchev–Trinajstić information content (AvgIpc) is 2.63. The number of likely N-dealkylation sites (N-methyl/N-ethyl adjacent to an activating group) is 1. The van der Waals surface area contributed by atoms with Crippen molar-refractivity contribution in [3.05, 3.63) is 71.8 Å². The first-order valence-corrected chi connectivity index (χ1v) is 8.28. The Kier molecular flexibility index (Phi) is 12.9. The van der Waals surface area contributed by atoms with E-state index in [2.05, 4.69) is 28.9 Å². The third-order valence-corrected chi connectivity index (χ3v) is 3.20. The Balaban J connectivity index is 0.000000449. The van der Waals surface area contributed by atoms with Gasteiger partial charge in [0, 0.05) is 0 Å². The molecule has 2 unspecified atom stereocenters. The van der Waals surface area contributed by atoms with Gasteiger partial charge in [-0.2, -0.15) is 0 Å². The lowest BCUT2D eigenvalue weighted by atomic mass is 10.1. The minimum absolute atomic E-state index is 0.263. The average molecular weight is 333 g/mol. The highest BCUT2D eigenvalue weighted by molar-refractivity contribution is 7.10. The molecule has 2 rings (SSSR count). The number of carbonyl (C=O) groups excluding carboxylic acids is 1. The summed E-state index contributed by atoms with van der Waals surface area (Å²) >= 11 is 0. The molecule has 0 fully saturated rings. The quantitative estimate of drug-likeness (QED) is 0.854. The first-order valence-electron chi connectivity index (χ1n) is 7.80. The highest BCUT2D eigenvalue weighted by Gasteiger charge is 2.16. The molecule has 23 heavy (non-hydrogen) atoms. The monoisotopic (exact) mass is 333 g/mol. The van der Waals surface area contributed by atoms with Crippen molar-refractivity contribution in [2.24, 2.45) is 0 Å². The fraction of sp³-hybridized carbons (Fsp3) is 0.316. The van der Waals surface area contributed by atoms with Crippen molar-refractivity contribution in [2.45, 2.75) is 33.2 Å². The predicted molar refractivity (Wildman–Crippen MR) is 101 cm³/mol. The van der Waals surface area contributed by atoms with E-state index in [9.17, 15) is 4.79 Å². The van der Waals surface area contributed by atoms with Gasteiger partial charge in [0.2, 0.25) is 0 Å². The molecule has 1 N–H and O–H groups in total. The molecule has 0 heterocycles. The summed E-state index contributed by atoms with van der Waals surface area (Å²) in [5.74, 6) is -0.263. The molecule has 0 saturated heterocycles. The largest absolute Gasteiger partial charge is 0.450 e. The summed E-state index contributed by atoms with van der Waals surface area (Å²) in [6.07, 6.45) is 0.643. The predicted octanol–water partition coefficient (Wildman–Crippen LogP) is 4.17. The summed E-state index contributed by atoms with van der Waals surface area (Å²) in [4.78, 5) is 11.2. The first-order chi connectivity index (χ1) is 11.2. The van der Waals surface area contributed by atoms with E-state index in [-0.39, 0.29) is 12.0 Å². The van der Waals surface area contributed by atoms with E-state index in [0.717, 1.165) is 5.56 Å². The zero-order chi connectivity index (χ0) is 17.5. The van der Waals surface area contributed by atoms with E-state index < -0.39 is 0 Å². The van der Waals surface area contributed by atoms with Crippen LogP contribution in [0.5, 0.6) is 0 Å². The van der Waals surface area contributed by atoms with Gasteiger partial charge in [0.25, 0.3) is 0 Å². The van der Waals surface area contributed by atoms with E-state index in [1.807, 2.05) is 71.8 Å². The highest BCUT2D eigenvalue weighted by Crippen LogP contribution is 2.05. The Morgan fingerprint density at radius 2 is 1.52 bits per heavy atom. The van der Waals surface area contributed by atoms with Crippen LogP contribution in [0.4, 0.5) is 0 Å². The zero-order valence-corrected chi connectivity index (χ0v) is 15.6. The molecule has 0 aromatic heterocycles. The molecule has 4 heteroatoms. The topological polar surface area (TPSA) is 38.3 Å². The first kappa shape index (κ1) is 21.3. The van der Waals surface area contributed by atoms with Crippen molar-refractivity contribution in [3.8, 4) is 0 Å². The smallest absolute Gasteiger partial charge is 0.325 e. The van der Waals surface area contributed by atoms with E-state index in [1.165, 1.54) is 5.56 Å². The van der Waals surface area contributed by atoms with Gasteiger partial charge in [-0.3, -0.25) is 4.79 Å². The van der Waals surface area contributed by atoms with Crippen LogP contribution in [-0.2, 0) is 15.7 Å². The van der Waals surface area contributed by atoms with Crippen molar-refractivity contribution < 1.29 is 9.32 Å². The summed E-state index contributed by atoms with van der Waals surface area (Å²) in [7, 11) is 3.71. The number of benzene rings is 2. The molecule has 0 saturated carbocycles. The normalized spacial score (nSPS) is 10.3. The molecule has 2 aromatic carbocycles. The second-order valence-electron chi connectivity index (χ2n) is 4.62. The molecule has 0 radical (unpaired) electrons. The Morgan fingerprint density at radius 3 is 1.87 bits per heavy atom. The van der Waals surface area contributed by atoms with Crippen LogP contribution in [0.25, 0.3) is 0 Å². The Morgan fingerprint density at radius 1 is 1.04 bits per heavy atom. The lowest BCUT2D eigenvalue weighted by Crippen LogP contribution is -2.36. The Bertz CT molecular complexity index is 517. The SMILES string of the molecule is CC.CNC(Cc1ccccc1)C(=O)OP.Cc1ccccc1. The van der Waals surface area contributed by atoms with Crippen LogP contribution in [0, 0.1) is 6.92 Å². The van der Waals surface area contributed by atoms with Crippen LogP contribution < -0.4 is 5.32 Å². The van der Waals surface area contributed by atoms with Crippen LogP contribution in [0.1, 0.15) is 25.0 Å². The molecule has 0 aliphatic carbocycles. The van der Waals surface area contributed by atoms with Crippen molar-refractivity contribution in [1.29, 1.82) is 0 Å². The number of hydrogen-bond donors (Lipinski definition) is 1. The van der Waals surface area contributed by atoms with E-state index in [0.29, 0.717) is 6.42 Å². The van der Waals surface area contributed by atoms with E-state index >= 15 is 0 Å². The van der Waals surface area contributed by atoms with Gasteiger partial charge in [0.15, 0.2) is 0 Å². The number of rotatable bonds is 4. The van der Waals surface area contributed by atoms with Gasteiger partial charge in [-0.25, -0.2) is 0 Å². The fourth-order valence-electron chi connectivity index (χ4n) is 1.77. The fourth-order valence-corrected chi connectivity index (χ4v) is 1.93. The Hall–Kier alpha value is -1.70. The molecular formula is C19H28NO2P. The summed E-state index contributed by atoms with van der Waals surface area (Å²) in [5.41, 5.74) is 2.43. The number of aryl methyl sites for hydroxylation is 1. The molecule has 0 aliphatic rings. The third-order valence-electron chi connectivity index (χ3n) is 2.97. The molecule has 3 nitrogen and oxygen atoms in total. The van der Waals surface area contributed by atoms with E-state index in [1.54, 1.807) is 7.05 Å². The molecule has 0 bridgehead atoms. The molecule has 0 amide bonds. The third kappa shape index (κ3) is 9.83. The van der Waals surface area contributed by atoms with Gasteiger partial charge in [0.1, 0.15) is 6.04 Å². The van der Waals surface area contributed by atoms with Gasteiger partial charge in [-0.15, -0.1) is 0 Å². The number of hydrogen-bond acceptors (Lipinski definition) is 3. The lowest BCUT2D eigenvalue weighted by molar-refractivity contribution is -0.135. The second kappa shape index (κ2) is 13.9. The van der Waals surface area contributed by atoms with Crippen LogP contribution in [0.2, 0.25) is 0 Å². The van der Waals surface area contributed by atoms with Crippen LogP contribution >= 0.6 is 9.47 Å². The van der Waals surface area contributed by atoms with Gasteiger partial charge in [-0.1, -0.05) is 80.1 Å². The van der Waals surface area contributed by atoms with Crippen molar-refractivity contribution in [1.82, 2.24) is 5.32 Å². The second-order valence-corrected chi connectivity index (χ2v) is 4.86. The molecule has 0 aliphatic heterocycles. The standard InChI is InChI=1S/C10H14NO2P.C7H8.C2H6/c1-11-9(10(12)13-14)7-8-5-3-2-4-6-8;1-7-5-3-2-4-6-7;1-2/h2-6,9,11H,7,14H2,1H3;2-6H,1H3;1-2H3. The summed E-state index contributed by atoms with van der Waals surface area (Å²) in [6.45, 7) is 6.08. The number of carbonyl (C=O) groups is 1. The van der Waals surface area contributed by atoms with Crippen LogP contribution in [0.3, 0.4) is 0 Å². The molecule has 2 aromatic rings.